The smallest absolute Gasteiger partial charge is 0.418 e. The zero-order valence-electron chi connectivity index (χ0n) is 15.9. The van der Waals surface area contributed by atoms with Crippen molar-refractivity contribution in [3.63, 3.8) is 0 Å². The van der Waals surface area contributed by atoms with Gasteiger partial charge in [0.05, 0.1) is 5.41 Å². The van der Waals surface area contributed by atoms with Gasteiger partial charge in [0, 0.05) is 18.8 Å². The van der Waals surface area contributed by atoms with Crippen LogP contribution < -0.4 is 0 Å². The summed E-state index contributed by atoms with van der Waals surface area (Å²) >= 11 is 0. The Morgan fingerprint density at radius 1 is 1.23 bits per heavy atom. The monoisotopic (exact) mass is 392 g/mol. The number of fused-ring (bicyclic) bond motifs is 4. The van der Waals surface area contributed by atoms with Crippen LogP contribution in [0, 0.1) is 22.7 Å². The van der Waals surface area contributed by atoms with Crippen molar-refractivity contribution >= 4 is 23.9 Å². The summed E-state index contributed by atoms with van der Waals surface area (Å²) in [5.74, 6) is 3.35. The molecule has 4 rings (SSSR count). The highest BCUT2D eigenvalue weighted by molar-refractivity contribution is 7.98. The van der Waals surface area contributed by atoms with E-state index in [2.05, 4.69) is 27.4 Å². The second-order valence-corrected chi connectivity index (χ2v) is 11.6. The van der Waals surface area contributed by atoms with E-state index in [1.54, 1.807) is 0 Å². The van der Waals surface area contributed by atoms with Crippen LogP contribution in [0.3, 0.4) is 0 Å². The van der Waals surface area contributed by atoms with Gasteiger partial charge in [-0.2, -0.15) is 0 Å². The third-order valence-corrected chi connectivity index (χ3v) is 11.0. The maximum absolute atomic E-state index is 13.1. The highest BCUT2D eigenvalue weighted by Gasteiger charge is 2.75. The van der Waals surface area contributed by atoms with E-state index in [0.29, 0.717) is 27.8 Å². The number of Topliss-reactive ketones (excluding diaryl/α,β-unsaturated/α-hetero) is 1. The molecule has 3 aliphatic carbocycles. The molecule has 3 saturated carbocycles. The first kappa shape index (κ1) is 20.3. The zero-order valence-corrected chi connectivity index (χ0v) is 16.7. The molecule has 1 aliphatic heterocycles. The maximum Gasteiger partial charge on any atom is 0.673 e. The summed E-state index contributed by atoms with van der Waals surface area (Å²) in [6.07, 6.45) is 7.60. The van der Waals surface area contributed by atoms with Gasteiger partial charge in [0.1, 0.15) is 22.0 Å². The van der Waals surface area contributed by atoms with Gasteiger partial charge in [0.2, 0.25) is 0 Å². The lowest BCUT2D eigenvalue weighted by molar-refractivity contribution is -0.130. The van der Waals surface area contributed by atoms with E-state index < -0.39 is 7.25 Å². The van der Waals surface area contributed by atoms with Crippen molar-refractivity contribution in [3.8, 4) is 0 Å². The molecular formula is C19H29BF4OS. The Hall–Kier alpha value is -0.455. The second-order valence-electron chi connectivity index (χ2n) is 9.24. The van der Waals surface area contributed by atoms with Crippen LogP contribution in [0.5, 0.6) is 0 Å². The van der Waals surface area contributed by atoms with Crippen LogP contribution in [0.4, 0.5) is 17.3 Å². The van der Waals surface area contributed by atoms with Crippen molar-refractivity contribution in [2.45, 2.75) is 69.8 Å². The van der Waals surface area contributed by atoms with Crippen molar-refractivity contribution in [1.82, 2.24) is 0 Å². The van der Waals surface area contributed by atoms with Crippen molar-refractivity contribution in [3.05, 3.63) is 12.2 Å². The topological polar surface area (TPSA) is 17.1 Å². The molecule has 26 heavy (non-hydrogen) atoms. The molecule has 6 atom stereocenters. The number of halogens is 4. The van der Waals surface area contributed by atoms with Crippen LogP contribution in [0.2, 0.25) is 0 Å². The number of hydrogen-bond acceptors (Lipinski definition) is 1. The number of ketones is 1. The minimum absolute atomic E-state index is 0.0378. The van der Waals surface area contributed by atoms with E-state index in [-0.39, 0.29) is 10.8 Å². The molecule has 1 nitrogen and oxygen atoms in total. The summed E-state index contributed by atoms with van der Waals surface area (Å²) in [7, 11) is -5.57. The predicted octanol–water partition coefficient (Wildman–Crippen LogP) is 5.43. The molecule has 0 aromatic carbocycles. The molecule has 7 heteroatoms. The molecule has 0 radical (unpaired) electrons. The Labute approximate surface area is 156 Å². The van der Waals surface area contributed by atoms with Gasteiger partial charge < -0.3 is 17.3 Å². The number of hydrogen-bond donors (Lipinski definition) is 0. The molecule has 0 amide bonds. The van der Waals surface area contributed by atoms with Crippen molar-refractivity contribution < 1.29 is 22.1 Å². The lowest BCUT2D eigenvalue weighted by Crippen LogP contribution is -2.53. The fourth-order valence-electron chi connectivity index (χ4n) is 6.51. The van der Waals surface area contributed by atoms with E-state index in [0.717, 1.165) is 17.6 Å². The molecule has 4 bridgehead atoms. The fraction of sp³-hybridized carbons (Fsp3) is 0.842. The lowest BCUT2D eigenvalue weighted by atomic mass is 9.64. The Bertz CT molecular complexity index is 599. The molecule has 1 saturated heterocycles. The van der Waals surface area contributed by atoms with Gasteiger partial charge in [0.15, 0.2) is 0 Å². The Morgan fingerprint density at radius 2 is 1.85 bits per heavy atom. The largest absolute Gasteiger partial charge is 0.673 e. The molecule has 4 fully saturated rings. The summed E-state index contributed by atoms with van der Waals surface area (Å²) in [6, 6.07) is 0. The maximum atomic E-state index is 13.1. The third-order valence-electron chi connectivity index (χ3n) is 7.49. The standard InChI is InChI=1S/C19H29OS.BF4/c1-12(2)11-21-15-6-5-13(9-15)17(21)19-8-7-14(10-16(19)20)18(19,3)4;2-1(3,4)5/h13-15,17H,1,5-11H2,2-4H3;/q+1;-1/t13-,14-,15+,17+,19+,21?;/m1./s1. The minimum atomic E-state index is -6.00. The van der Waals surface area contributed by atoms with Gasteiger partial charge in [-0.1, -0.05) is 20.4 Å². The zero-order chi connectivity index (χ0) is 19.5. The predicted molar refractivity (Wildman–Crippen MR) is 101 cm³/mol. The number of carbonyl (C=O) groups excluding carboxylic acids is 1. The normalized spacial score (nSPS) is 42.7. The van der Waals surface area contributed by atoms with Gasteiger partial charge in [0.25, 0.3) is 0 Å². The van der Waals surface area contributed by atoms with Gasteiger partial charge >= 0.3 is 7.25 Å². The first-order valence-electron chi connectivity index (χ1n) is 9.61. The fourth-order valence-corrected chi connectivity index (χ4v) is 10.7. The molecule has 4 aliphatic rings. The molecule has 0 N–H and O–H groups in total. The summed E-state index contributed by atoms with van der Waals surface area (Å²) in [5, 5.41) is 1.61. The quantitative estimate of drug-likeness (QED) is 0.271. The van der Waals surface area contributed by atoms with Crippen LogP contribution >= 0.6 is 0 Å². The van der Waals surface area contributed by atoms with Crippen LogP contribution in [0.25, 0.3) is 0 Å². The van der Waals surface area contributed by atoms with Gasteiger partial charge in [-0.3, -0.25) is 4.79 Å². The molecule has 1 unspecified atom stereocenters. The van der Waals surface area contributed by atoms with Gasteiger partial charge in [-0.25, -0.2) is 0 Å². The molecule has 0 spiro atoms. The summed E-state index contributed by atoms with van der Waals surface area (Å²) < 4.78 is 39.0. The molecule has 1 heterocycles. The van der Waals surface area contributed by atoms with E-state index in [1.165, 1.54) is 43.4 Å². The van der Waals surface area contributed by atoms with E-state index in [1.807, 2.05) is 0 Å². The highest BCUT2D eigenvalue weighted by Crippen LogP contribution is 2.70. The SMILES string of the molecule is C=C(C)C[S+]1[C@H]2CC[C@H](C2)[C@H]1[C@]12CC[C@H](CC1=O)C2(C)C.F[B-](F)(F)F. The second kappa shape index (κ2) is 6.56. The van der Waals surface area contributed by atoms with Crippen LogP contribution in [0.15, 0.2) is 12.2 Å². The lowest BCUT2D eigenvalue weighted by Gasteiger charge is -2.43. The average Bonchev–Trinajstić information content (AvgIpc) is 3.15. The van der Waals surface area contributed by atoms with Crippen molar-refractivity contribution in [2.75, 3.05) is 5.75 Å². The summed E-state index contributed by atoms with van der Waals surface area (Å²) in [6.45, 7) is 11.2. The number of rotatable bonds is 3. The van der Waals surface area contributed by atoms with Gasteiger partial charge in [-0.15, -0.1) is 0 Å². The minimum Gasteiger partial charge on any atom is -0.418 e. The number of carbonyl (C=O) groups is 1. The Morgan fingerprint density at radius 3 is 2.31 bits per heavy atom. The first-order valence-corrected chi connectivity index (χ1v) is 11.1. The van der Waals surface area contributed by atoms with E-state index >= 15 is 0 Å². The third kappa shape index (κ3) is 3.16. The van der Waals surface area contributed by atoms with Gasteiger partial charge in [-0.05, 0) is 60.4 Å². The van der Waals surface area contributed by atoms with E-state index in [4.69, 9.17) is 0 Å². The molecule has 148 valence electrons. The van der Waals surface area contributed by atoms with Crippen LogP contribution in [0.1, 0.15) is 59.3 Å². The first-order chi connectivity index (χ1) is 11.9. The average molecular weight is 392 g/mol. The van der Waals surface area contributed by atoms with Crippen LogP contribution in [-0.4, -0.2) is 29.3 Å². The van der Waals surface area contributed by atoms with Crippen molar-refractivity contribution in [2.24, 2.45) is 22.7 Å². The molecule has 0 aromatic rings. The van der Waals surface area contributed by atoms with E-state index in [9.17, 15) is 22.1 Å². The molecular weight excluding hydrogens is 363 g/mol. The van der Waals surface area contributed by atoms with Crippen molar-refractivity contribution in [1.29, 1.82) is 0 Å². The molecule has 0 aromatic heterocycles. The highest BCUT2D eigenvalue weighted by atomic mass is 32.2. The Kier molecular flexibility index (Phi) is 5.12. The summed E-state index contributed by atoms with van der Waals surface area (Å²) in [5.41, 5.74) is 1.63. The van der Waals surface area contributed by atoms with Crippen LogP contribution in [-0.2, 0) is 15.7 Å². The summed E-state index contributed by atoms with van der Waals surface area (Å²) in [4.78, 5) is 13.1. The Balaban J connectivity index is 0.000000349.